The minimum atomic E-state index is -0.629. The van der Waals surface area contributed by atoms with E-state index in [9.17, 15) is 9.59 Å². The van der Waals surface area contributed by atoms with Crippen LogP contribution >= 0.6 is 0 Å². The zero-order chi connectivity index (χ0) is 16.9. The average molecular weight is 323 g/mol. The highest BCUT2D eigenvalue weighted by Crippen LogP contribution is 2.10. The SMILES string of the molecule is CCc1ccc(NC(=O)COC(=O)c2cn3ccccc3n2)cc1. The van der Waals surface area contributed by atoms with Gasteiger partial charge in [-0.3, -0.25) is 4.79 Å². The van der Waals surface area contributed by atoms with Crippen LogP contribution in [0.1, 0.15) is 23.0 Å². The third kappa shape index (κ3) is 3.60. The molecule has 3 rings (SSSR count). The van der Waals surface area contributed by atoms with Crippen LogP contribution in [0.15, 0.2) is 54.9 Å². The summed E-state index contributed by atoms with van der Waals surface area (Å²) in [7, 11) is 0. The number of hydrogen-bond donors (Lipinski definition) is 1. The Hall–Kier alpha value is -3.15. The van der Waals surface area contributed by atoms with Crippen molar-refractivity contribution in [2.75, 3.05) is 11.9 Å². The number of fused-ring (bicyclic) bond motifs is 1. The van der Waals surface area contributed by atoms with Gasteiger partial charge in [0.2, 0.25) is 0 Å². The van der Waals surface area contributed by atoms with Crippen molar-refractivity contribution >= 4 is 23.2 Å². The zero-order valence-electron chi connectivity index (χ0n) is 13.2. The van der Waals surface area contributed by atoms with Gasteiger partial charge in [0, 0.05) is 18.1 Å². The molecule has 2 aromatic heterocycles. The molecule has 122 valence electrons. The van der Waals surface area contributed by atoms with Crippen LogP contribution in [0.4, 0.5) is 5.69 Å². The Morgan fingerprint density at radius 1 is 1.17 bits per heavy atom. The first kappa shape index (κ1) is 15.7. The molecule has 0 radical (unpaired) electrons. The van der Waals surface area contributed by atoms with Crippen molar-refractivity contribution in [2.24, 2.45) is 0 Å². The molecule has 1 N–H and O–H groups in total. The number of benzene rings is 1. The van der Waals surface area contributed by atoms with E-state index >= 15 is 0 Å². The van der Waals surface area contributed by atoms with Crippen LogP contribution in [0.5, 0.6) is 0 Å². The van der Waals surface area contributed by atoms with E-state index in [0.717, 1.165) is 6.42 Å². The minimum Gasteiger partial charge on any atom is -0.451 e. The monoisotopic (exact) mass is 323 g/mol. The number of anilines is 1. The molecule has 0 saturated heterocycles. The van der Waals surface area contributed by atoms with Crippen LogP contribution in [0.25, 0.3) is 5.65 Å². The molecule has 0 aliphatic carbocycles. The number of aromatic nitrogens is 2. The fourth-order valence-corrected chi connectivity index (χ4v) is 2.26. The van der Waals surface area contributed by atoms with Gasteiger partial charge in [-0.2, -0.15) is 0 Å². The molecular weight excluding hydrogens is 306 g/mol. The van der Waals surface area contributed by atoms with Crippen LogP contribution in [-0.2, 0) is 16.0 Å². The first-order valence-corrected chi connectivity index (χ1v) is 7.65. The van der Waals surface area contributed by atoms with E-state index in [2.05, 4.69) is 17.2 Å². The number of aryl methyl sites for hydroxylation is 1. The van der Waals surface area contributed by atoms with Crippen molar-refractivity contribution in [1.82, 2.24) is 9.38 Å². The standard InChI is InChI=1S/C18H17N3O3/c1-2-13-6-8-14(9-7-13)19-17(22)12-24-18(23)15-11-21-10-4-3-5-16(21)20-15/h3-11H,2,12H2,1H3,(H,19,22). The van der Waals surface area contributed by atoms with Crippen molar-refractivity contribution in [3.63, 3.8) is 0 Å². The summed E-state index contributed by atoms with van der Waals surface area (Å²) in [5, 5.41) is 2.68. The number of nitrogens with zero attached hydrogens (tertiary/aromatic N) is 2. The summed E-state index contributed by atoms with van der Waals surface area (Å²) in [5.74, 6) is -1.02. The molecule has 0 saturated carbocycles. The topological polar surface area (TPSA) is 72.7 Å². The molecule has 24 heavy (non-hydrogen) atoms. The Labute approximate surface area is 139 Å². The van der Waals surface area contributed by atoms with Crippen molar-refractivity contribution in [2.45, 2.75) is 13.3 Å². The highest BCUT2D eigenvalue weighted by molar-refractivity contribution is 5.95. The van der Waals surface area contributed by atoms with Gasteiger partial charge in [-0.25, -0.2) is 9.78 Å². The van der Waals surface area contributed by atoms with Crippen LogP contribution in [0, 0.1) is 0 Å². The quantitative estimate of drug-likeness (QED) is 0.733. The van der Waals surface area contributed by atoms with Gasteiger partial charge >= 0.3 is 5.97 Å². The molecule has 1 aromatic carbocycles. The summed E-state index contributed by atoms with van der Waals surface area (Å²) in [6, 6.07) is 13.0. The number of esters is 1. The summed E-state index contributed by atoms with van der Waals surface area (Å²) in [4.78, 5) is 28.0. The molecular formula is C18H17N3O3. The number of rotatable bonds is 5. The molecule has 2 heterocycles. The lowest BCUT2D eigenvalue weighted by atomic mass is 10.1. The van der Waals surface area contributed by atoms with Crippen molar-refractivity contribution in [1.29, 1.82) is 0 Å². The molecule has 0 aliphatic rings. The third-order valence-electron chi connectivity index (χ3n) is 3.55. The molecule has 0 atom stereocenters. The van der Waals surface area contributed by atoms with Crippen molar-refractivity contribution in [3.05, 3.63) is 66.1 Å². The molecule has 0 unspecified atom stereocenters. The van der Waals surface area contributed by atoms with Gasteiger partial charge in [0.25, 0.3) is 5.91 Å². The summed E-state index contributed by atoms with van der Waals surface area (Å²) in [6.07, 6.45) is 4.29. The van der Waals surface area contributed by atoms with Gasteiger partial charge in [0.1, 0.15) is 5.65 Å². The molecule has 0 spiro atoms. The van der Waals surface area contributed by atoms with E-state index < -0.39 is 11.9 Å². The fraction of sp³-hybridized carbons (Fsp3) is 0.167. The maximum atomic E-state index is 12.0. The lowest BCUT2D eigenvalue weighted by Crippen LogP contribution is -2.21. The summed E-state index contributed by atoms with van der Waals surface area (Å²) in [6.45, 7) is 1.70. The highest BCUT2D eigenvalue weighted by atomic mass is 16.5. The van der Waals surface area contributed by atoms with E-state index in [1.54, 1.807) is 22.9 Å². The van der Waals surface area contributed by atoms with E-state index in [1.165, 1.54) is 5.56 Å². The number of imidazole rings is 1. The fourth-order valence-electron chi connectivity index (χ4n) is 2.26. The molecule has 6 heteroatoms. The third-order valence-corrected chi connectivity index (χ3v) is 3.55. The van der Waals surface area contributed by atoms with E-state index in [0.29, 0.717) is 11.3 Å². The molecule has 3 aromatic rings. The van der Waals surface area contributed by atoms with Crippen molar-refractivity contribution < 1.29 is 14.3 Å². The van der Waals surface area contributed by atoms with Gasteiger partial charge in [-0.05, 0) is 36.2 Å². The van der Waals surface area contributed by atoms with Gasteiger partial charge < -0.3 is 14.5 Å². The molecule has 0 fully saturated rings. The average Bonchev–Trinajstić information content (AvgIpc) is 3.04. The number of pyridine rings is 1. The number of amides is 1. The normalized spacial score (nSPS) is 10.5. The van der Waals surface area contributed by atoms with Crippen LogP contribution < -0.4 is 5.32 Å². The van der Waals surface area contributed by atoms with Crippen molar-refractivity contribution in [3.8, 4) is 0 Å². The number of hydrogen-bond acceptors (Lipinski definition) is 4. The van der Waals surface area contributed by atoms with E-state index in [-0.39, 0.29) is 12.3 Å². The van der Waals surface area contributed by atoms with E-state index in [1.807, 2.05) is 36.4 Å². The van der Waals surface area contributed by atoms with Gasteiger partial charge in [-0.1, -0.05) is 25.1 Å². The Kier molecular flexibility index (Phi) is 4.56. The highest BCUT2D eigenvalue weighted by Gasteiger charge is 2.14. The molecule has 1 amide bonds. The zero-order valence-corrected chi connectivity index (χ0v) is 13.2. The summed E-state index contributed by atoms with van der Waals surface area (Å²) >= 11 is 0. The maximum Gasteiger partial charge on any atom is 0.359 e. The number of ether oxygens (including phenoxy) is 1. The second-order valence-electron chi connectivity index (χ2n) is 5.27. The van der Waals surface area contributed by atoms with Gasteiger partial charge in [0.15, 0.2) is 12.3 Å². The summed E-state index contributed by atoms with van der Waals surface area (Å²) < 4.78 is 6.72. The molecule has 6 nitrogen and oxygen atoms in total. The number of carbonyl (C=O) groups excluding carboxylic acids is 2. The summed E-state index contributed by atoms with van der Waals surface area (Å²) in [5.41, 5.74) is 2.67. The second kappa shape index (κ2) is 6.95. The van der Waals surface area contributed by atoms with Gasteiger partial charge in [-0.15, -0.1) is 0 Å². The van der Waals surface area contributed by atoms with E-state index in [4.69, 9.17) is 4.74 Å². The smallest absolute Gasteiger partial charge is 0.359 e. The first-order chi connectivity index (χ1) is 11.7. The first-order valence-electron chi connectivity index (χ1n) is 7.65. The minimum absolute atomic E-state index is 0.168. The maximum absolute atomic E-state index is 12.0. The Morgan fingerprint density at radius 2 is 1.96 bits per heavy atom. The number of carbonyl (C=O) groups is 2. The Morgan fingerprint density at radius 3 is 2.67 bits per heavy atom. The number of nitrogens with one attached hydrogen (secondary N) is 1. The Bertz CT molecular complexity index is 836. The van der Waals surface area contributed by atoms with Crippen LogP contribution in [0.3, 0.4) is 0 Å². The van der Waals surface area contributed by atoms with Crippen LogP contribution in [-0.4, -0.2) is 27.9 Å². The predicted octanol–water partition coefficient (Wildman–Crippen LogP) is 2.69. The predicted molar refractivity (Wildman–Crippen MR) is 89.9 cm³/mol. The lowest BCUT2D eigenvalue weighted by Gasteiger charge is -2.06. The van der Waals surface area contributed by atoms with Crippen LogP contribution in [0.2, 0.25) is 0 Å². The Balaban J connectivity index is 1.55. The largest absolute Gasteiger partial charge is 0.451 e. The lowest BCUT2D eigenvalue weighted by molar-refractivity contribution is -0.119. The van der Waals surface area contributed by atoms with Gasteiger partial charge in [0.05, 0.1) is 0 Å². The molecule has 0 aliphatic heterocycles. The molecule has 0 bridgehead atoms. The second-order valence-corrected chi connectivity index (χ2v) is 5.27.